The van der Waals surface area contributed by atoms with Crippen LogP contribution in [0.1, 0.15) is 26.3 Å². The maximum Gasteiger partial charge on any atom is 0.145 e. The van der Waals surface area contributed by atoms with Gasteiger partial charge in [0.1, 0.15) is 17.0 Å². The molecule has 0 N–H and O–H groups in total. The van der Waals surface area contributed by atoms with E-state index in [1.165, 1.54) is 12.1 Å². The Morgan fingerprint density at radius 3 is 2.54 bits per heavy atom. The van der Waals surface area contributed by atoms with E-state index >= 15 is 0 Å². The maximum absolute atomic E-state index is 14.3. The molecule has 3 heteroatoms. The Labute approximate surface area is 139 Å². The van der Waals surface area contributed by atoms with E-state index in [0.29, 0.717) is 11.1 Å². The molecule has 2 nitrogen and oxygen atoms in total. The highest BCUT2D eigenvalue weighted by molar-refractivity contribution is 6.09. The van der Waals surface area contributed by atoms with Crippen molar-refractivity contribution in [3.05, 3.63) is 66.1 Å². The van der Waals surface area contributed by atoms with Crippen LogP contribution >= 0.6 is 0 Å². The largest absolute Gasteiger partial charge is 0.455 e. The summed E-state index contributed by atoms with van der Waals surface area (Å²) in [5.74, 6) is -0.285. The molecule has 0 fully saturated rings. The molecule has 2 heterocycles. The standard InChI is InChI=1S/C21H18FNO/c1-21(2,3)13-8-9-23-18(10-13)17-12-14(22)11-16-15-6-4-5-7-19(15)24-20(16)17/h4-12H,1-3H3. The van der Waals surface area contributed by atoms with Gasteiger partial charge in [-0.15, -0.1) is 0 Å². The van der Waals surface area contributed by atoms with Gasteiger partial charge in [0, 0.05) is 22.5 Å². The molecule has 0 saturated carbocycles. The predicted molar refractivity (Wildman–Crippen MR) is 95.6 cm³/mol. The molecule has 0 bridgehead atoms. The molecule has 0 saturated heterocycles. The maximum atomic E-state index is 14.3. The molecule has 4 aromatic rings. The summed E-state index contributed by atoms with van der Waals surface area (Å²) < 4.78 is 20.3. The van der Waals surface area contributed by atoms with Crippen molar-refractivity contribution >= 4 is 21.9 Å². The van der Waals surface area contributed by atoms with Crippen LogP contribution in [-0.4, -0.2) is 4.98 Å². The van der Waals surface area contributed by atoms with Crippen molar-refractivity contribution in [3.63, 3.8) is 0 Å². The van der Waals surface area contributed by atoms with E-state index in [1.807, 2.05) is 36.4 Å². The minimum absolute atomic E-state index is 0.00198. The second-order valence-corrected chi connectivity index (χ2v) is 7.11. The van der Waals surface area contributed by atoms with Crippen LogP contribution in [0, 0.1) is 5.82 Å². The molecule has 2 aromatic heterocycles. The van der Waals surface area contributed by atoms with Gasteiger partial charge in [-0.1, -0.05) is 39.0 Å². The highest BCUT2D eigenvalue weighted by Gasteiger charge is 2.18. The summed E-state index contributed by atoms with van der Waals surface area (Å²) in [5.41, 5.74) is 4.00. The van der Waals surface area contributed by atoms with Crippen molar-refractivity contribution in [1.29, 1.82) is 0 Å². The lowest BCUT2D eigenvalue weighted by Gasteiger charge is -2.19. The summed E-state index contributed by atoms with van der Waals surface area (Å²) in [5, 5.41) is 1.70. The van der Waals surface area contributed by atoms with Crippen LogP contribution in [0.2, 0.25) is 0 Å². The van der Waals surface area contributed by atoms with Crippen molar-refractivity contribution in [2.75, 3.05) is 0 Å². The lowest BCUT2D eigenvalue weighted by atomic mass is 9.87. The third-order valence-corrected chi connectivity index (χ3v) is 4.34. The van der Waals surface area contributed by atoms with Gasteiger partial charge < -0.3 is 4.42 Å². The lowest BCUT2D eigenvalue weighted by Crippen LogP contribution is -2.11. The van der Waals surface area contributed by atoms with Crippen LogP contribution in [-0.2, 0) is 5.41 Å². The first kappa shape index (κ1) is 14.9. The third-order valence-electron chi connectivity index (χ3n) is 4.34. The van der Waals surface area contributed by atoms with Crippen LogP contribution in [0.15, 0.2) is 59.1 Å². The van der Waals surface area contributed by atoms with E-state index in [1.54, 1.807) is 6.20 Å². The minimum Gasteiger partial charge on any atom is -0.455 e. The van der Waals surface area contributed by atoms with E-state index in [-0.39, 0.29) is 11.2 Å². The molecular formula is C21H18FNO. The average molecular weight is 319 g/mol. The molecule has 0 aliphatic rings. The fraction of sp³-hybridized carbons (Fsp3) is 0.190. The fourth-order valence-corrected chi connectivity index (χ4v) is 3.03. The summed E-state index contributed by atoms with van der Waals surface area (Å²) >= 11 is 0. The second kappa shape index (κ2) is 5.17. The number of rotatable bonds is 1. The highest BCUT2D eigenvalue weighted by atomic mass is 19.1. The molecule has 0 unspecified atom stereocenters. The second-order valence-electron chi connectivity index (χ2n) is 7.11. The number of nitrogens with zero attached hydrogens (tertiary/aromatic N) is 1. The van der Waals surface area contributed by atoms with E-state index in [9.17, 15) is 4.39 Å². The topological polar surface area (TPSA) is 26.0 Å². The van der Waals surface area contributed by atoms with Gasteiger partial charge in [-0.2, -0.15) is 0 Å². The Kier molecular flexibility index (Phi) is 3.20. The zero-order valence-corrected chi connectivity index (χ0v) is 13.9. The quantitative estimate of drug-likeness (QED) is 0.424. The summed E-state index contributed by atoms with van der Waals surface area (Å²) in [6, 6.07) is 14.7. The van der Waals surface area contributed by atoms with Gasteiger partial charge >= 0.3 is 0 Å². The number of furan rings is 1. The summed E-state index contributed by atoms with van der Waals surface area (Å²) in [4.78, 5) is 4.46. The van der Waals surface area contributed by atoms with Gasteiger partial charge in [-0.25, -0.2) is 4.39 Å². The molecule has 0 aliphatic carbocycles. The van der Waals surface area contributed by atoms with E-state index < -0.39 is 0 Å². The van der Waals surface area contributed by atoms with E-state index in [4.69, 9.17) is 4.42 Å². The zero-order valence-electron chi connectivity index (χ0n) is 13.9. The molecule has 0 spiro atoms. The van der Waals surface area contributed by atoms with Crippen molar-refractivity contribution in [1.82, 2.24) is 4.98 Å². The number of hydrogen-bond donors (Lipinski definition) is 0. The lowest BCUT2D eigenvalue weighted by molar-refractivity contribution is 0.589. The number of benzene rings is 2. The van der Waals surface area contributed by atoms with Crippen molar-refractivity contribution < 1.29 is 8.81 Å². The van der Waals surface area contributed by atoms with E-state index in [0.717, 1.165) is 27.6 Å². The van der Waals surface area contributed by atoms with Gasteiger partial charge in [0.15, 0.2) is 0 Å². The summed E-state index contributed by atoms with van der Waals surface area (Å²) in [6.45, 7) is 6.44. The van der Waals surface area contributed by atoms with Crippen LogP contribution in [0.3, 0.4) is 0 Å². The predicted octanol–water partition coefficient (Wildman–Crippen LogP) is 6.08. The molecular weight excluding hydrogens is 301 g/mol. The number of para-hydroxylation sites is 1. The monoisotopic (exact) mass is 319 g/mol. The molecule has 4 rings (SSSR count). The fourth-order valence-electron chi connectivity index (χ4n) is 3.03. The Morgan fingerprint density at radius 2 is 1.75 bits per heavy atom. The SMILES string of the molecule is CC(C)(C)c1ccnc(-c2cc(F)cc3c2oc2ccccc23)c1. The number of aromatic nitrogens is 1. The number of fused-ring (bicyclic) bond motifs is 3. The number of pyridine rings is 1. The van der Waals surface area contributed by atoms with E-state index in [2.05, 4.69) is 25.8 Å². The van der Waals surface area contributed by atoms with Gasteiger partial charge in [-0.05, 0) is 41.3 Å². The van der Waals surface area contributed by atoms with Crippen molar-refractivity contribution in [2.45, 2.75) is 26.2 Å². The van der Waals surface area contributed by atoms with Crippen LogP contribution in [0.25, 0.3) is 33.2 Å². The van der Waals surface area contributed by atoms with Gasteiger partial charge in [0.25, 0.3) is 0 Å². The van der Waals surface area contributed by atoms with Gasteiger partial charge in [0.2, 0.25) is 0 Å². The van der Waals surface area contributed by atoms with Crippen LogP contribution in [0.4, 0.5) is 4.39 Å². The Hall–Kier alpha value is -2.68. The average Bonchev–Trinajstić information content (AvgIpc) is 2.92. The van der Waals surface area contributed by atoms with Gasteiger partial charge in [-0.3, -0.25) is 4.98 Å². The molecule has 120 valence electrons. The van der Waals surface area contributed by atoms with Gasteiger partial charge in [0.05, 0.1) is 5.69 Å². The molecule has 0 atom stereocenters. The Balaban J connectivity index is 2.03. The smallest absolute Gasteiger partial charge is 0.145 e. The van der Waals surface area contributed by atoms with Crippen molar-refractivity contribution in [3.8, 4) is 11.3 Å². The third kappa shape index (κ3) is 2.37. The minimum atomic E-state index is -0.285. The molecule has 24 heavy (non-hydrogen) atoms. The first-order valence-corrected chi connectivity index (χ1v) is 8.01. The Bertz CT molecular complexity index is 1060. The molecule has 0 amide bonds. The molecule has 2 aromatic carbocycles. The molecule has 0 aliphatic heterocycles. The highest BCUT2D eigenvalue weighted by Crippen LogP contribution is 2.36. The first-order valence-electron chi connectivity index (χ1n) is 8.01. The first-order chi connectivity index (χ1) is 11.4. The van der Waals surface area contributed by atoms with Crippen molar-refractivity contribution in [2.24, 2.45) is 0 Å². The Morgan fingerprint density at radius 1 is 0.958 bits per heavy atom. The van der Waals surface area contributed by atoms with Crippen LogP contribution < -0.4 is 0 Å². The number of hydrogen-bond acceptors (Lipinski definition) is 2. The summed E-state index contributed by atoms with van der Waals surface area (Å²) in [6.07, 6.45) is 1.77. The molecule has 0 radical (unpaired) electrons. The van der Waals surface area contributed by atoms with Crippen LogP contribution in [0.5, 0.6) is 0 Å². The number of halogens is 1. The normalized spacial score (nSPS) is 12.2. The zero-order chi connectivity index (χ0) is 16.9. The summed E-state index contributed by atoms with van der Waals surface area (Å²) in [7, 11) is 0.